The zero-order valence-electron chi connectivity index (χ0n) is 10.3. The van der Waals surface area contributed by atoms with Gasteiger partial charge in [0.05, 0.1) is 6.67 Å². The Morgan fingerprint density at radius 2 is 1.44 bits per heavy atom. The first-order valence-electron chi connectivity index (χ1n) is 6.46. The van der Waals surface area contributed by atoms with E-state index >= 15 is 0 Å². The lowest BCUT2D eigenvalue weighted by Crippen LogP contribution is -2.52. The second kappa shape index (κ2) is 5.68. The molecule has 0 aliphatic carbocycles. The Morgan fingerprint density at radius 3 is 2.00 bits per heavy atom. The van der Waals surface area contributed by atoms with Crippen LogP contribution in [0.3, 0.4) is 0 Å². The number of hydrogen-bond donors (Lipinski definition) is 0. The third-order valence-corrected chi connectivity index (χ3v) is 3.67. The van der Waals surface area contributed by atoms with Crippen LogP contribution in [0.15, 0.2) is 0 Å². The molecule has 0 radical (unpaired) electrons. The van der Waals surface area contributed by atoms with Crippen LogP contribution in [0.25, 0.3) is 0 Å². The van der Waals surface area contributed by atoms with Crippen LogP contribution in [0, 0.1) is 0 Å². The fourth-order valence-corrected chi connectivity index (χ4v) is 2.59. The SMILES string of the molecule is BC(=O)N1CCN(CN2CCCCC2)CC1. The van der Waals surface area contributed by atoms with Crippen LogP contribution >= 0.6 is 0 Å². The van der Waals surface area contributed by atoms with Gasteiger partial charge in [0.15, 0.2) is 5.81 Å². The molecule has 2 saturated heterocycles. The highest BCUT2D eigenvalue weighted by Crippen LogP contribution is 2.10. The van der Waals surface area contributed by atoms with E-state index in [0.29, 0.717) is 0 Å². The molecule has 1 amide bonds. The molecule has 0 aromatic rings. The third-order valence-electron chi connectivity index (χ3n) is 3.67. The molecule has 2 aliphatic rings. The van der Waals surface area contributed by atoms with Crippen molar-refractivity contribution >= 4 is 13.7 Å². The summed E-state index contributed by atoms with van der Waals surface area (Å²) in [5, 5.41) is 0. The van der Waals surface area contributed by atoms with Crippen molar-refractivity contribution in [3.8, 4) is 0 Å². The third kappa shape index (κ3) is 3.22. The Bertz CT molecular complexity index is 235. The van der Waals surface area contributed by atoms with Gasteiger partial charge in [-0.2, -0.15) is 0 Å². The minimum Gasteiger partial charge on any atom is -0.349 e. The first-order chi connectivity index (χ1) is 7.75. The lowest BCUT2D eigenvalue weighted by atomic mass is 10.1. The summed E-state index contributed by atoms with van der Waals surface area (Å²) in [6.07, 6.45) is 4.11. The molecule has 0 N–H and O–H groups in total. The molecule has 4 nitrogen and oxygen atoms in total. The van der Waals surface area contributed by atoms with Crippen LogP contribution in [0.5, 0.6) is 0 Å². The first kappa shape index (κ1) is 11.9. The molecule has 90 valence electrons. The molecule has 2 aliphatic heterocycles. The zero-order chi connectivity index (χ0) is 11.4. The van der Waals surface area contributed by atoms with Crippen molar-refractivity contribution < 1.29 is 4.79 Å². The standard InChI is InChI=1S/C11H22BN3O/c12-11(16)15-8-6-14(7-9-15)10-13-4-2-1-3-5-13/h1-10,12H2. The van der Waals surface area contributed by atoms with Crippen molar-refractivity contribution in [3.05, 3.63) is 0 Å². The van der Waals surface area contributed by atoms with Crippen molar-refractivity contribution in [1.29, 1.82) is 0 Å². The molecule has 0 spiro atoms. The quantitative estimate of drug-likeness (QED) is 0.606. The van der Waals surface area contributed by atoms with Gasteiger partial charge in [-0.1, -0.05) is 6.42 Å². The number of rotatable bonds is 2. The summed E-state index contributed by atoms with van der Waals surface area (Å²) in [5.41, 5.74) is 0. The van der Waals surface area contributed by atoms with Gasteiger partial charge in [0.1, 0.15) is 0 Å². The van der Waals surface area contributed by atoms with Crippen LogP contribution in [0.2, 0.25) is 0 Å². The molecule has 0 saturated carbocycles. The monoisotopic (exact) mass is 223 g/mol. The summed E-state index contributed by atoms with van der Waals surface area (Å²) in [4.78, 5) is 18.2. The fraction of sp³-hybridized carbons (Fsp3) is 0.909. The molecule has 0 atom stereocenters. The minimum atomic E-state index is 0.220. The summed E-state index contributed by atoms with van der Waals surface area (Å²) < 4.78 is 0. The molecule has 0 aromatic carbocycles. The van der Waals surface area contributed by atoms with E-state index in [-0.39, 0.29) is 5.81 Å². The van der Waals surface area contributed by atoms with E-state index in [9.17, 15) is 4.79 Å². The number of hydrogen-bond acceptors (Lipinski definition) is 3. The Kier molecular flexibility index (Phi) is 4.24. The van der Waals surface area contributed by atoms with Crippen LogP contribution in [0.4, 0.5) is 4.79 Å². The van der Waals surface area contributed by atoms with E-state index in [1.54, 1.807) is 7.85 Å². The summed E-state index contributed by atoms with van der Waals surface area (Å²) in [6.45, 7) is 7.50. The molecule has 0 aromatic heterocycles. The lowest BCUT2D eigenvalue weighted by Gasteiger charge is -2.38. The van der Waals surface area contributed by atoms with Gasteiger partial charge in [-0.25, -0.2) is 0 Å². The van der Waals surface area contributed by atoms with E-state index in [1.165, 1.54) is 32.4 Å². The van der Waals surface area contributed by atoms with Gasteiger partial charge >= 0.3 is 0 Å². The molecule has 2 heterocycles. The fourth-order valence-electron chi connectivity index (χ4n) is 2.59. The number of carbonyl (C=O) groups excluding carboxylic acids is 1. The van der Waals surface area contributed by atoms with E-state index in [0.717, 1.165) is 32.8 Å². The van der Waals surface area contributed by atoms with E-state index in [4.69, 9.17) is 0 Å². The summed E-state index contributed by atoms with van der Waals surface area (Å²) >= 11 is 0. The maximum Gasteiger partial charge on any atom is 0.215 e. The number of likely N-dealkylation sites (tertiary alicyclic amines) is 1. The molecular formula is C11H22BN3O. The Labute approximate surface area is 99.0 Å². The number of piperidine rings is 1. The predicted octanol–water partition coefficient (Wildman–Crippen LogP) is -0.199. The number of nitrogens with zero attached hydrogens (tertiary/aromatic N) is 3. The van der Waals surface area contributed by atoms with Crippen molar-refractivity contribution in [2.75, 3.05) is 45.9 Å². The largest absolute Gasteiger partial charge is 0.349 e. The molecule has 2 rings (SSSR count). The topological polar surface area (TPSA) is 26.8 Å². The highest BCUT2D eigenvalue weighted by Gasteiger charge is 2.20. The maximum absolute atomic E-state index is 11.2. The second-order valence-corrected chi connectivity index (χ2v) is 4.94. The lowest BCUT2D eigenvalue weighted by molar-refractivity contribution is 0.0779. The van der Waals surface area contributed by atoms with Gasteiger partial charge in [-0.05, 0) is 25.9 Å². The Morgan fingerprint density at radius 1 is 0.875 bits per heavy atom. The Hall–Kier alpha value is -0.545. The average molecular weight is 223 g/mol. The molecular weight excluding hydrogens is 201 g/mol. The van der Waals surface area contributed by atoms with Crippen LogP contribution in [-0.2, 0) is 0 Å². The summed E-state index contributed by atoms with van der Waals surface area (Å²) in [7, 11) is 1.67. The van der Waals surface area contributed by atoms with Gasteiger partial charge in [-0.15, -0.1) is 0 Å². The van der Waals surface area contributed by atoms with Crippen molar-refractivity contribution in [1.82, 2.24) is 14.7 Å². The normalized spacial score (nSPS) is 24.6. The maximum atomic E-state index is 11.2. The van der Waals surface area contributed by atoms with E-state index < -0.39 is 0 Å². The van der Waals surface area contributed by atoms with Crippen molar-refractivity contribution in [2.45, 2.75) is 19.3 Å². The Balaban J connectivity index is 1.70. The van der Waals surface area contributed by atoms with Gasteiger partial charge in [0, 0.05) is 26.2 Å². The van der Waals surface area contributed by atoms with E-state index in [1.807, 2.05) is 4.90 Å². The van der Waals surface area contributed by atoms with Crippen molar-refractivity contribution in [2.24, 2.45) is 0 Å². The summed E-state index contributed by atoms with van der Waals surface area (Å²) in [5.74, 6) is 0.220. The van der Waals surface area contributed by atoms with Gasteiger partial charge in [0.25, 0.3) is 0 Å². The molecule has 16 heavy (non-hydrogen) atoms. The highest BCUT2D eigenvalue weighted by molar-refractivity contribution is 6.56. The highest BCUT2D eigenvalue weighted by atomic mass is 16.1. The van der Waals surface area contributed by atoms with Gasteiger partial charge in [-0.3, -0.25) is 14.6 Å². The van der Waals surface area contributed by atoms with Crippen LogP contribution in [-0.4, -0.2) is 74.3 Å². The van der Waals surface area contributed by atoms with Crippen LogP contribution in [0.1, 0.15) is 19.3 Å². The predicted molar refractivity (Wildman–Crippen MR) is 67.4 cm³/mol. The summed E-state index contributed by atoms with van der Waals surface area (Å²) in [6, 6.07) is 0. The first-order valence-corrected chi connectivity index (χ1v) is 6.46. The van der Waals surface area contributed by atoms with E-state index in [2.05, 4.69) is 9.80 Å². The van der Waals surface area contributed by atoms with Gasteiger partial charge in [0.2, 0.25) is 7.85 Å². The second-order valence-electron chi connectivity index (χ2n) is 4.94. The smallest absolute Gasteiger partial charge is 0.215 e. The molecule has 0 unspecified atom stereocenters. The number of amides is 1. The zero-order valence-corrected chi connectivity index (χ0v) is 10.3. The minimum absolute atomic E-state index is 0.220. The molecule has 0 bridgehead atoms. The van der Waals surface area contributed by atoms with Gasteiger partial charge < -0.3 is 4.90 Å². The number of carbonyl (C=O) groups is 1. The van der Waals surface area contributed by atoms with Crippen LogP contribution < -0.4 is 0 Å². The molecule has 5 heteroatoms. The molecule has 2 fully saturated rings. The average Bonchev–Trinajstić information content (AvgIpc) is 2.31. The number of piperazine rings is 1. The van der Waals surface area contributed by atoms with Crippen molar-refractivity contribution in [3.63, 3.8) is 0 Å².